The molecule has 2 aromatic carbocycles. The molecule has 158 valence electrons. The maximum absolute atomic E-state index is 14.7. The molecule has 0 atom stereocenters. The van der Waals surface area contributed by atoms with Gasteiger partial charge in [-0.3, -0.25) is 4.98 Å². The zero-order chi connectivity index (χ0) is 22.1. The van der Waals surface area contributed by atoms with Crippen LogP contribution >= 0.6 is 0 Å². The van der Waals surface area contributed by atoms with E-state index in [4.69, 9.17) is 5.73 Å². The van der Waals surface area contributed by atoms with Gasteiger partial charge in [-0.2, -0.15) is 4.98 Å². The number of nitrogen functional groups attached to an aromatic ring is 1. The van der Waals surface area contributed by atoms with Gasteiger partial charge >= 0.3 is 0 Å². The monoisotopic (exact) mass is 429 g/mol. The second kappa shape index (κ2) is 8.03. The molecule has 3 heterocycles. The summed E-state index contributed by atoms with van der Waals surface area (Å²) in [5.41, 5.74) is 8.23. The van der Waals surface area contributed by atoms with E-state index in [9.17, 15) is 8.78 Å². The van der Waals surface area contributed by atoms with Crippen LogP contribution < -0.4 is 11.1 Å². The van der Waals surface area contributed by atoms with Crippen LogP contribution in [0.15, 0.2) is 72.9 Å². The number of nitrogens with two attached hydrogens (primary N) is 1. The summed E-state index contributed by atoms with van der Waals surface area (Å²) in [6, 6.07) is 18.7. The highest BCUT2D eigenvalue weighted by Crippen LogP contribution is 2.34. The number of nitrogens with one attached hydrogen (secondary N) is 1. The molecule has 0 amide bonds. The molecule has 0 saturated heterocycles. The van der Waals surface area contributed by atoms with Gasteiger partial charge in [0.25, 0.3) is 0 Å². The van der Waals surface area contributed by atoms with Gasteiger partial charge in [0, 0.05) is 11.8 Å². The van der Waals surface area contributed by atoms with Gasteiger partial charge in [-0.25, -0.2) is 18.4 Å². The Morgan fingerprint density at radius 3 is 2.50 bits per heavy atom. The van der Waals surface area contributed by atoms with Crippen LogP contribution in [-0.4, -0.2) is 24.7 Å². The van der Waals surface area contributed by atoms with Crippen molar-refractivity contribution >= 4 is 22.8 Å². The van der Waals surface area contributed by atoms with Crippen LogP contribution in [0.3, 0.4) is 0 Å². The molecule has 5 aromatic rings. The highest BCUT2D eigenvalue weighted by molar-refractivity contribution is 5.99. The number of hydrogen-bond donors (Lipinski definition) is 2. The molecule has 3 N–H and O–H groups in total. The second-order valence-electron chi connectivity index (χ2n) is 7.00. The summed E-state index contributed by atoms with van der Waals surface area (Å²) in [7, 11) is 0. The molecular weight excluding hydrogens is 412 g/mol. The van der Waals surface area contributed by atoms with Crippen LogP contribution in [0.2, 0.25) is 0 Å². The number of anilines is 2. The number of nitrogens with zero attached hydrogens (tertiary/aromatic N) is 5. The van der Waals surface area contributed by atoms with E-state index in [-0.39, 0.29) is 28.7 Å². The maximum Gasteiger partial charge on any atom is 0.225 e. The van der Waals surface area contributed by atoms with E-state index in [1.54, 1.807) is 6.20 Å². The molecule has 3 aromatic heterocycles. The third-order valence-electron chi connectivity index (χ3n) is 4.93. The summed E-state index contributed by atoms with van der Waals surface area (Å²) in [5.74, 6) is -1.58. The number of benzene rings is 2. The smallest absolute Gasteiger partial charge is 0.225 e. The molecule has 0 aliphatic rings. The van der Waals surface area contributed by atoms with Crippen LogP contribution in [-0.2, 0) is 6.54 Å². The Morgan fingerprint density at radius 1 is 0.906 bits per heavy atom. The van der Waals surface area contributed by atoms with Crippen LogP contribution in [0.4, 0.5) is 20.5 Å². The lowest BCUT2D eigenvalue weighted by Gasteiger charge is -2.09. The van der Waals surface area contributed by atoms with E-state index in [1.165, 1.54) is 16.8 Å². The largest absolute Gasteiger partial charge is 0.383 e. The fourth-order valence-corrected chi connectivity index (χ4v) is 3.41. The minimum absolute atomic E-state index is 0.0300. The lowest BCUT2D eigenvalue weighted by atomic mass is 10.1. The van der Waals surface area contributed by atoms with Gasteiger partial charge in [-0.1, -0.05) is 30.3 Å². The van der Waals surface area contributed by atoms with Crippen molar-refractivity contribution in [1.29, 1.82) is 0 Å². The highest BCUT2D eigenvalue weighted by atomic mass is 19.2. The first kappa shape index (κ1) is 19.6. The topological polar surface area (TPSA) is 94.5 Å². The van der Waals surface area contributed by atoms with Gasteiger partial charge in [0.15, 0.2) is 17.3 Å². The summed E-state index contributed by atoms with van der Waals surface area (Å²) in [5, 5.41) is 7.91. The van der Waals surface area contributed by atoms with E-state index in [0.717, 1.165) is 11.8 Å². The Balaban J connectivity index is 1.69. The number of fused-ring (bicyclic) bond motifs is 1. The first-order valence-corrected chi connectivity index (χ1v) is 9.81. The zero-order valence-corrected chi connectivity index (χ0v) is 16.7. The summed E-state index contributed by atoms with van der Waals surface area (Å²) >= 11 is 0. The third kappa shape index (κ3) is 3.49. The van der Waals surface area contributed by atoms with E-state index < -0.39 is 11.6 Å². The predicted octanol–water partition coefficient (Wildman–Crippen LogP) is 4.35. The van der Waals surface area contributed by atoms with Crippen molar-refractivity contribution in [2.45, 2.75) is 6.54 Å². The Morgan fingerprint density at radius 2 is 1.72 bits per heavy atom. The molecule has 0 spiro atoms. The summed E-state index contributed by atoms with van der Waals surface area (Å²) in [4.78, 5) is 13.2. The number of pyridine rings is 1. The van der Waals surface area contributed by atoms with Crippen LogP contribution in [0.5, 0.6) is 0 Å². The summed E-state index contributed by atoms with van der Waals surface area (Å²) in [6.45, 7) is 0.340. The van der Waals surface area contributed by atoms with Crippen molar-refractivity contribution in [1.82, 2.24) is 24.7 Å². The molecular formula is C23H17F2N7. The Hall–Kier alpha value is -4.40. The predicted molar refractivity (Wildman–Crippen MR) is 118 cm³/mol. The average Bonchev–Trinajstić information content (AvgIpc) is 3.17. The zero-order valence-electron chi connectivity index (χ0n) is 16.7. The molecule has 5 rings (SSSR count). The van der Waals surface area contributed by atoms with Gasteiger partial charge in [0.05, 0.1) is 29.0 Å². The van der Waals surface area contributed by atoms with Crippen LogP contribution in [0, 0.1) is 11.6 Å². The summed E-state index contributed by atoms with van der Waals surface area (Å²) in [6.07, 6.45) is 1.68. The Labute approximate surface area is 181 Å². The molecule has 9 heteroatoms. The number of hydrogen-bond acceptors (Lipinski definition) is 6. The normalized spacial score (nSPS) is 11.1. The third-order valence-corrected chi connectivity index (χ3v) is 4.93. The van der Waals surface area contributed by atoms with Gasteiger partial charge in [-0.15, -0.1) is 5.10 Å². The minimum atomic E-state index is -1.02. The lowest BCUT2D eigenvalue weighted by molar-refractivity contribution is 0.511. The first-order chi connectivity index (χ1) is 15.6. The Kier molecular flexibility index (Phi) is 4.91. The number of para-hydroxylation sites is 1. The fourth-order valence-electron chi connectivity index (χ4n) is 3.41. The highest BCUT2D eigenvalue weighted by Gasteiger charge is 2.22. The van der Waals surface area contributed by atoms with E-state index in [2.05, 4.69) is 25.4 Å². The first-order valence-electron chi connectivity index (χ1n) is 9.81. The maximum atomic E-state index is 14.7. The van der Waals surface area contributed by atoms with Crippen LogP contribution in [0.25, 0.3) is 28.0 Å². The van der Waals surface area contributed by atoms with Crippen molar-refractivity contribution in [3.63, 3.8) is 0 Å². The van der Waals surface area contributed by atoms with Gasteiger partial charge < -0.3 is 11.1 Å². The van der Waals surface area contributed by atoms with Crippen molar-refractivity contribution in [3.05, 3.63) is 90.3 Å². The van der Waals surface area contributed by atoms with Crippen molar-refractivity contribution in [3.8, 4) is 16.9 Å². The molecule has 0 bridgehead atoms. The van der Waals surface area contributed by atoms with E-state index >= 15 is 0 Å². The molecule has 0 unspecified atom stereocenters. The minimum Gasteiger partial charge on any atom is -0.383 e. The van der Waals surface area contributed by atoms with Gasteiger partial charge in [-0.05, 0) is 36.4 Å². The fraction of sp³-hybridized carbons (Fsp3) is 0.0435. The van der Waals surface area contributed by atoms with Crippen molar-refractivity contribution < 1.29 is 8.78 Å². The number of aromatic nitrogens is 5. The molecule has 32 heavy (non-hydrogen) atoms. The summed E-state index contributed by atoms with van der Waals surface area (Å²) < 4.78 is 30.2. The number of rotatable bonds is 5. The quantitative estimate of drug-likeness (QED) is 0.431. The van der Waals surface area contributed by atoms with Crippen molar-refractivity contribution in [2.24, 2.45) is 0 Å². The average molecular weight is 429 g/mol. The number of halogens is 2. The van der Waals surface area contributed by atoms with Gasteiger partial charge in [0.2, 0.25) is 5.95 Å². The van der Waals surface area contributed by atoms with Crippen LogP contribution in [0.1, 0.15) is 5.69 Å². The van der Waals surface area contributed by atoms with Crippen molar-refractivity contribution in [2.75, 3.05) is 11.1 Å². The molecule has 0 radical (unpaired) electrons. The molecule has 0 aliphatic heterocycles. The van der Waals surface area contributed by atoms with E-state index in [1.807, 2.05) is 48.5 Å². The SMILES string of the molecule is Nc1c2c(-c3cccc(F)c3F)nc(NCc3ccccn3)nc2nn1-c1ccccc1. The second-order valence-corrected chi connectivity index (χ2v) is 7.00. The molecule has 0 aliphatic carbocycles. The molecule has 0 fully saturated rings. The Bertz CT molecular complexity index is 1400. The molecule has 7 nitrogen and oxygen atoms in total. The lowest BCUT2D eigenvalue weighted by Crippen LogP contribution is -2.06. The standard InChI is InChI=1S/C23H17F2N7/c24-17-11-6-10-16(19(17)25)20-18-21(26)32(15-8-2-1-3-9-15)31-22(18)30-23(29-20)28-13-14-7-4-5-12-27-14/h1-12H,13,26H2,(H,28,30,31). The van der Waals surface area contributed by atoms with E-state index in [0.29, 0.717) is 17.6 Å². The molecule has 0 saturated carbocycles. The van der Waals surface area contributed by atoms with Gasteiger partial charge in [0.1, 0.15) is 5.82 Å².